The van der Waals surface area contributed by atoms with Gasteiger partial charge in [-0.25, -0.2) is 0 Å². The molecule has 1 atom stereocenters. The van der Waals surface area contributed by atoms with Gasteiger partial charge in [0.15, 0.2) is 0 Å². The summed E-state index contributed by atoms with van der Waals surface area (Å²) >= 11 is 0. The lowest BCUT2D eigenvalue weighted by molar-refractivity contribution is -0.132. The van der Waals surface area contributed by atoms with E-state index in [2.05, 4.69) is 5.32 Å². The number of ether oxygens (including phenoxy) is 1. The summed E-state index contributed by atoms with van der Waals surface area (Å²) in [5, 5.41) is 3.25. The lowest BCUT2D eigenvalue weighted by Crippen LogP contribution is -2.47. The summed E-state index contributed by atoms with van der Waals surface area (Å²) in [5.41, 5.74) is 1.80. The fourth-order valence-electron chi connectivity index (χ4n) is 3.49. The highest BCUT2D eigenvalue weighted by Gasteiger charge is 2.25. The number of benzene rings is 1. The van der Waals surface area contributed by atoms with Gasteiger partial charge in [0.1, 0.15) is 0 Å². The minimum atomic E-state index is -0.0198. The van der Waals surface area contributed by atoms with Crippen LogP contribution in [0, 0.1) is 6.92 Å². The Bertz CT molecular complexity index is 605. The molecule has 2 amide bonds. The summed E-state index contributed by atoms with van der Waals surface area (Å²) < 4.78 is 5.71. The van der Waals surface area contributed by atoms with Gasteiger partial charge in [-0.1, -0.05) is 17.7 Å². The number of piperazine rings is 1. The van der Waals surface area contributed by atoms with Crippen LogP contribution in [0.15, 0.2) is 24.3 Å². The molecule has 142 valence electrons. The highest BCUT2D eigenvalue weighted by molar-refractivity contribution is 5.94. The van der Waals surface area contributed by atoms with Crippen LogP contribution in [0.25, 0.3) is 0 Å². The van der Waals surface area contributed by atoms with Crippen molar-refractivity contribution in [2.24, 2.45) is 0 Å². The monoisotopic (exact) mass is 359 g/mol. The van der Waals surface area contributed by atoms with E-state index in [1.807, 2.05) is 36.1 Å². The van der Waals surface area contributed by atoms with Gasteiger partial charge < -0.3 is 19.9 Å². The normalized spacial score (nSPS) is 20.2. The zero-order valence-electron chi connectivity index (χ0n) is 15.6. The van der Waals surface area contributed by atoms with Crippen molar-refractivity contribution in [3.63, 3.8) is 0 Å². The molecule has 2 aliphatic rings. The Balaban J connectivity index is 1.63. The quantitative estimate of drug-likeness (QED) is 0.835. The van der Waals surface area contributed by atoms with E-state index in [4.69, 9.17) is 4.74 Å². The average molecular weight is 359 g/mol. The van der Waals surface area contributed by atoms with Crippen LogP contribution in [0.2, 0.25) is 0 Å². The SMILES string of the molecule is Cc1ccc(C(=O)N(CCC(=O)N2CCNCC2)C[C@@H]2CCCO2)cc1. The Morgan fingerprint density at radius 3 is 2.62 bits per heavy atom. The summed E-state index contributed by atoms with van der Waals surface area (Å²) in [6, 6.07) is 7.61. The summed E-state index contributed by atoms with van der Waals surface area (Å²) in [4.78, 5) is 29.1. The molecule has 0 bridgehead atoms. The Morgan fingerprint density at radius 2 is 1.96 bits per heavy atom. The minimum Gasteiger partial charge on any atom is -0.376 e. The van der Waals surface area contributed by atoms with Gasteiger partial charge in [0.25, 0.3) is 5.91 Å². The molecule has 1 aromatic carbocycles. The molecule has 26 heavy (non-hydrogen) atoms. The lowest BCUT2D eigenvalue weighted by Gasteiger charge is -2.30. The van der Waals surface area contributed by atoms with Crippen LogP contribution >= 0.6 is 0 Å². The molecule has 2 aliphatic heterocycles. The molecule has 0 saturated carbocycles. The topological polar surface area (TPSA) is 61.9 Å². The first-order chi connectivity index (χ1) is 12.6. The van der Waals surface area contributed by atoms with Crippen molar-refractivity contribution in [2.75, 3.05) is 45.9 Å². The number of carbonyl (C=O) groups is 2. The third-order valence-corrected chi connectivity index (χ3v) is 5.10. The van der Waals surface area contributed by atoms with Crippen molar-refractivity contribution in [1.82, 2.24) is 15.1 Å². The number of rotatable bonds is 6. The summed E-state index contributed by atoms with van der Waals surface area (Å²) in [7, 11) is 0. The molecule has 2 saturated heterocycles. The predicted octanol–water partition coefficient (Wildman–Crippen LogP) is 1.44. The molecule has 2 fully saturated rings. The number of hydrogen-bond donors (Lipinski definition) is 1. The van der Waals surface area contributed by atoms with Gasteiger partial charge in [-0.05, 0) is 31.9 Å². The Morgan fingerprint density at radius 1 is 1.23 bits per heavy atom. The van der Waals surface area contributed by atoms with Crippen molar-refractivity contribution < 1.29 is 14.3 Å². The molecular weight excluding hydrogens is 330 g/mol. The summed E-state index contributed by atoms with van der Waals surface area (Å²) in [6.07, 6.45) is 2.46. The van der Waals surface area contributed by atoms with Crippen molar-refractivity contribution in [3.8, 4) is 0 Å². The maximum atomic E-state index is 13.0. The molecule has 0 aromatic heterocycles. The molecule has 0 spiro atoms. The van der Waals surface area contributed by atoms with Crippen LogP contribution in [-0.2, 0) is 9.53 Å². The van der Waals surface area contributed by atoms with E-state index in [1.54, 1.807) is 4.90 Å². The first-order valence-corrected chi connectivity index (χ1v) is 9.59. The zero-order valence-corrected chi connectivity index (χ0v) is 15.6. The molecule has 0 radical (unpaired) electrons. The highest BCUT2D eigenvalue weighted by atomic mass is 16.5. The highest BCUT2D eigenvalue weighted by Crippen LogP contribution is 2.16. The number of amides is 2. The second-order valence-electron chi connectivity index (χ2n) is 7.13. The van der Waals surface area contributed by atoms with Gasteiger partial charge in [-0.3, -0.25) is 9.59 Å². The Hall–Kier alpha value is -1.92. The van der Waals surface area contributed by atoms with Crippen LogP contribution in [0.1, 0.15) is 35.2 Å². The average Bonchev–Trinajstić information content (AvgIpc) is 3.19. The van der Waals surface area contributed by atoms with Crippen molar-refractivity contribution in [3.05, 3.63) is 35.4 Å². The molecule has 1 aromatic rings. The lowest BCUT2D eigenvalue weighted by atomic mass is 10.1. The minimum absolute atomic E-state index is 0.0198. The van der Waals surface area contributed by atoms with Crippen molar-refractivity contribution in [2.45, 2.75) is 32.3 Å². The molecule has 2 heterocycles. The van der Waals surface area contributed by atoms with Crippen molar-refractivity contribution in [1.29, 1.82) is 0 Å². The number of aryl methyl sites for hydroxylation is 1. The molecule has 0 aliphatic carbocycles. The van der Waals surface area contributed by atoms with Gasteiger partial charge in [-0.15, -0.1) is 0 Å². The van der Waals surface area contributed by atoms with E-state index in [-0.39, 0.29) is 17.9 Å². The molecular formula is C20H29N3O3. The van der Waals surface area contributed by atoms with Crippen LogP contribution in [0.5, 0.6) is 0 Å². The van der Waals surface area contributed by atoms with E-state index in [0.29, 0.717) is 25.1 Å². The van der Waals surface area contributed by atoms with Gasteiger partial charge in [0.05, 0.1) is 6.10 Å². The molecule has 3 rings (SSSR count). The predicted molar refractivity (Wildman–Crippen MR) is 100 cm³/mol. The molecule has 0 unspecified atom stereocenters. The van der Waals surface area contributed by atoms with E-state index < -0.39 is 0 Å². The third kappa shape index (κ3) is 5.05. The Kier molecular flexibility index (Phi) is 6.63. The first kappa shape index (κ1) is 18.9. The van der Waals surface area contributed by atoms with Crippen LogP contribution < -0.4 is 5.32 Å². The van der Waals surface area contributed by atoms with E-state index in [0.717, 1.165) is 51.2 Å². The second-order valence-corrected chi connectivity index (χ2v) is 7.13. The van der Waals surface area contributed by atoms with E-state index in [1.165, 1.54) is 0 Å². The summed E-state index contributed by atoms with van der Waals surface area (Å²) in [6.45, 7) is 6.94. The fourth-order valence-corrected chi connectivity index (χ4v) is 3.49. The number of hydrogen-bond acceptors (Lipinski definition) is 4. The van der Waals surface area contributed by atoms with Crippen LogP contribution in [-0.4, -0.2) is 73.6 Å². The molecule has 6 nitrogen and oxygen atoms in total. The maximum absolute atomic E-state index is 13.0. The van der Waals surface area contributed by atoms with Crippen LogP contribution in [0.4, 0.5) is 0 Å². The standard InChI is InChI=1S/C20H29N3O3/c1-16-4-6-17(7-5-16)20(25)23(15-18-3-2-14-26-18)11-8-19(24)22-12-9-21-10-13-22/h4-7,18,21H,2-3,8-15H2,1H3/t18-/m0/s1. The Labute approximate surface area is 155 Å². The first-order valence-electron chi connectivity index (χ1n) is 9.59. The summed E-state index contributed by atoms with van der Waals surface area (Å²) in [5.74, 6) is 0.106. The number of carbonyl (C=O) groups excluding carboxylic acids is 2. The fraction of sp³-hybridized carbons (Fsp3) is 0.600. The maximum Gasteiger partial charge on any atom is 0.253 e. The van der Waals surface area contributed by atoms with Crippen LogP contribution in [0.3, 0.4) is 0 Å². The van der Waals surface area contributed by atoms with E-state index in [9.17, 15) is 9.59 Å². The number of nitrogens with zero attached hydrogens (tertiary/aromatic N) is 2. The molecule has 1 N–H and O–H groups in total. The number of nitrogens with one attached hydrogen (secondary N) is 1. The largest absolute Gasteiger partial charge is 0.376 e. The van der Waals surface area contributed by atoms with Gasteiger partial charge >= 0.3 is 0 Å². The second kappa shape index (κ2) is 9.14. The zero-order chi connectivity index (χ0) is 18.4. The van der Waals surface area contributed by atoms with Crippen molar-refractivity contribution >= 4 is 11.8 Å². The third-order valence-electron chi connectivity index (χ3n) is 5.10. The van der Waals surface area contributed by atoms with Gasteiger partial charge in [0, 0.05) is 57.9 Å². The smallest absolute Gasteiger partial charge is 0.253 e. The molecule has 6 heteroatoms. The van der Waals surface area contributed by atoms with Gasteiger partial charge in [0.2, 0.25) is 5.91 Å². The van der Waals surface area contributed by atoms with E-state index >= 15 is 0 Å². The van der Waals surface area contributed by atoms with Gasteiger partial charge in [-0.2, -0.15) is 0 Å².